The fourth-order valence-corrected chi connectivity index (χ4v) is 3.29. The molecule has 0 saturated heterocycles. The van der Waals surface area contributed by atoms with Gasteiger partial charge in [0.2, 0.25) is 0 Å². The summed E-state index contributed by atoms with van der Waals surface area (Å²) >= 11 is 0. The van der Waals surface area contributed by atoms with Crippen LogP contribution < -0.4 is 5.73 Å². The number of hydrogen-bond acceptors (Lipinski definition) is 4. The molecule has 0 heterocycles. The minimum Gasteiger partial charge on any atom is -0.480 e. The van der Waals surface area contributed by atoms with Gasteiger partial charge < -0.3 is 15.6 Å². The lowest BCUT2D eigenvalue weighted by Crippen LogP contribution is -2.48. The summed E-state index contributed by atoms with van der Waals surface area (Å²) in [6.45, 7) is 7.52. The van der Waals surface area contributed by atoms with E-state index in [9.17, 15) is 14.7 Å². The van der Waals surface area contributed by atoms with Gasteiger partial charge in [-0.2, -0.15) is 0 Å². The van der Waals surface area contributed by atoms with Crippen molar-refractivity contribution in [2.75, 3.05) is 0 Å². The molecule has 0 radical (unpaired) electrons. The highest BCUT2D eigenvalue weighted by Crippen LogP contribution is 2.21. The number of esters is 1. The molecular weight excluding hydrogens is 402 g/mol. The van der Waals surface area contributed by atoms with Crippen molar-refractivity contribution in [2.45, 2.75) is 122 Å². The van der Waals surface area contributed by atoms with Gasteiger partial charge in [0, 0.05) is 6.42 Å². The average Bonchev–Trinajstić information content (AvgIpc) is 2.70. The predicted octanol–water partition coefficient (Wildman–Crippen LogP) is 6.87. The Morgan fingerprint density at radius 3 is 1.91 bits per heavy atom. The lowest BCUT2D eigenvalue weighted by molar-refractivity contribution is -0.155. The highest BCUT2D eigenvalue weighted by atomic mass is 16.6. The van der Waals surface area contributed by atoms with Gasteiger partial charge in [0.05, 0.1) is 0 Å². The molecule has 3 N–H and O–H groups in total. The Hall–Kier alpha value is -1.88. The molecule has 1 unspecified atom stereocenters. The monoisotopic (exact) mass is 449 g/mol. The summed E-state index contributed by atoms with van der Waals surface area (Å²) in [5, 5.41) is 9.51. The Morgan fingerprint density at radius 1 is 0.812 bits per heavy atom. The SMILES string of the molecule is CCC=CCC=CCC=CCCCCCCCCC(N)(CCC(=O)OC(C)(C)C)C(=O)O. The number of carbonyl (C=O) groups is 2. The maximum atomic E-state index is 11.9. The molecule has 0 aliphatic rings. The third-order valence-corrected chi connectivity index (χ3v) is 5.14. The molecule has 5 heteroatoms. The van der Waals surface area contributed by atoms with Gasteiger partial charge in [-0.25, -0.2) is 0 Å². The molecule has 0 saturated carbocycles. The van der Waals surface area contributed by atoms with E-state index >= 15 is 0 Å². The number of unbranched alkanes of at least 4 members (excludes halogenated alkanes) is 6. The highest BCUT2D eigenvalue weighted by molar-refractivity contribution is 5.79. The molecule has 0 aliphatic carbocycles. The van der Waals surface area contributed by atoms with Crippen molar-refractivity contribution < 1.29 is 19.4 Å². The van der Waals surface area contributed by atoms with Crippen molar-refractivity contribution in [3.63, 3.8) is 0 Å². The molecule has 32 heavy (non-hydrogen) atoms. The third kappa shape index (κ3) is 17.8. The first kappa shape index (κ1) is 30.1. The molecule has 0 aromatic rings. The zero-order chi connectivity index (χ0) is 24.3. The zero-order valence-corrected chi connectivity index (χ0v) is 20.9. The zero-order valence-electron chi connectivity index (χ0n) is 20.9. The summed E-state index contributed by atoms with van der Waals surface area (Å²) in [4.78, 5) is 23.5. The first-order valence-corrected chi connectivity index (χ1v) is 12.3. The molecule has 0 spiro atoms. The van der Waals surface area contributed by atoms with Gasteiger partial charge in [-0.1, -0.05) is 75.5 Å². The molecule has 1 atom stereocenters. The van der Waals surface area contributed by atoms with Crippen LogP contribution in [0.1, 0.15) is 111 Å². The van der Waals surface area contributed by atoms with Crippen LogP contribution in [0.3, 0.4) is 0 Å². The van der Waals surface area contributed by atoms with E-state index in [1.165, 1.54) is 12.8 Å². The summed E-state index contributed by atoms with van der Waals surface area (Å²) in [5.41, 5.74) is 4.16. The van der Waals surface area contributed by atoms with Crippen LogP contribution in [0.4, 0.5) is 0 Å². The average molecular weight is 450 g/mol. The van der Waals surface area contributed by atoms with E-state index in [2.05, 4.69) is 43.4 Å². The van der Waals surface area contributed by atoms with E-state index in [1.54, 1.807) is 20.8 Å². The topological polar surface area (TPSA) is 89.6 Å². The Morgan fingerprint density at radius 2 is 1.34 bits per heavy atom. The van der Waals surface area contributed by atoms with Crippen molar-refractivity contribution >= 4 is 11.9 Å². The highest BCUT2D eigenvalue weighted by Gasteiger charge is 2.34. The van der Waals surface area contributed by atoms with Crippen LogP contribution in [0.2, 0.25) is 0 Å². The molecular formula is C27H47NO4. The minimum absolute atomic E-state index is 0.0271. The van der Waals surface area contributed by atoms with Crippen LogP contribution in [0.25, 0.3) is 0 Å². The molecule has 0 aromatic heterocycles. The van der Waals surface area contributed by atoms with Gasteiger partial charge in [0.1, 0.15) is 11.1 Å². The molecule has 0 amide bonds. The Labute approximate surface area is 196 Å². The summed E-state index contributed by atoms with van der Waals surface area (Å²) in [5.74, 6) is -1.44. The summed E-state index contributed by atoms with van der Waals surface area (Å²) in [6.07, 6.45) is 24.3. The smallest absolute Gasteiger partial charge is 0.323 e. The number of aliphatic carboxylic acids is 1. The lowest BCUT2D eigenvalue weighted by atomic mass is 9.88. The number of carboxylic acid groups (broad SMARTS) is 1. The lowest BCUT2D eigenvalue weighted by Gasteiger charge is -2.25. The summed E-state index contributed by atoms with van der Waals surface area (Å²) in [6, 6.07) is 0. The number of carboxylic acids is 1. The molecule has 0 bridgehead atoms. The van der Waals surface area contributed by atoms with E-state index in [4.69, 9.17) is 10.5 Å². The second kappa shape index (κ2) is 17.6. The van der Waals surface area contributed by atoms with Gasteiger partial charge in [-0.3, -0.25) is 9.59 Å². The molecule has 0 fully saturated rings. The third-order valence-electron chi connectivity index (χ3n) is 5.14. The van der Waals surface area contributed by atoms with Gasteiger partial charge in [0.15, 0.2) is 0 Å². The van der Waals surface area contributed by atoms with E-state index in [0.29, 0.717) is 6.42 Å². The largest absolute Gasteiger partial charge is 0.480 e. The molecule has 184 valence electrons. The number of ether oxygens (including phenoxy) is 1. The number of nitrogens with two attached hydrogens (primary N) is 1. The molecule has 0 aliphatic heterocycles. The normalized spacial score (nSPS) is 14.4. The molecule has 0 rings (SSSR count). The maximum absolute atomic E-state index is 11.9. The number of carbonyl (C=O) groups excluding carboxylic acids is 1. The first-order chi connectivity index (χ1) is 15.1. The Balaban J connectivity index is 3.86. The second-order valence-corrected chi connectivity index (χ2v) is 9.50. The fraction of sp³-hybridized carbons (Fsp3) is 0.704. The molecule has 0 aromatic carbocycles. The van der Waals surface area contributed by atoms with Crippen LogP contribution >= 0.6 is 0 Å². The fourth-order valence-electron chi connectivity index (χ4n) is 3.29. The van der Waals surface area contributed by atoms with Gasteiger partial charge in [-0.05, 0) is 65.7 Å². The van der Waals surface area contributed by atoms with Crippen LogP contribution in [-0.2, 0) is 14.3 Å². The van der Waals surface area contributed by atoms with Crippen molar-refractivity contribution in [3.8, 4) is 0 Å². The van der Waals surface area contributed by atoms with Crippen molar-refractivity contribution in [1.82, 2.24) is 0 Å². The minimum atomic E-state index is -1.36. The van der Waals surface area contributed by atoms with Crippen molar-refractivity contribution in [3.05, 3.63) is 36.5 Å². The van der Waals surface area contributed by atoms with Crippen LogP contribution in [-0.4, -0.2) is 28.2 Å². The Kier molecular flexibility index (Phi) is 16.6. The second-order valence-electron chi connectivity index (χ2n) is 9.50. The van der Waals surface area contributed by atoms with E-state index in [-0.39, 0.29) is 12.8 Å². The summed E-state index contributed by atoms with van der Waals surface area (Å²) < 4.78 is 5.25. The van der Waals surface area contributed by atoms with Crippen LogP contribution in [0.5, 0.6) is 0 Å². The maximum Gasteiger partial charge on any atom is 0.323 e. The van der Waals surface area contributed by atoms with Crippen LogP contribution in [0, 0.1) is 0 Å². The van der Waals surface area contributed by atoms with Crippen molar-refractivity contribution in [2.24, 2.45) is 5.73 Å². The van der Waals surface area contributed by atoms with Crippen LogP contribution in [0.15, 0.2) is 36.5 Å². The van der Waals surface area contributed by atoms with Crippen molar-refractivity contribution in [1.29, 1.82) is 0 Å². The predicted molar refractivity (Wildman–Crippen MR) is 134 cm³/mol. The number of rotatable bonds is 18. The number of allylic oxidation sites excluding steroid dienone is 6. The number of hydrogen-bond donors (Lipinski definition) is 2. The van der Waals surface area contributed by atoms with E-state index in [0.717, 1.165) is 51.4 Å². The molecule has 5 nitrogen and oxygen atoms in total. The van der Waals surface area contributed by atoms with E-state index < -0.39 is 23.1 Å². The van der Waals surface area contributed by atoms with Gasteiger partial charge in [-0.15, -0.1) is 0 Å². The Bertz CT molecular complexity index is 601. The van der Waals surface area contributed by atoms with Gasteiger partial charge >= 0.3 is 11.9 Å². The van der Waals surface area contributed by atoms with E-state index in [1.807, 2.05) is 0 Å². The first-order valence-electron chi connectivity index (χ1n) is 12.3. The van der Waals surface area contributed by atoms with Gasteiger partial charge in [0.25, 0.3) is 0 Å². The quantitative estimate of drug-likeness (QED) is 0.135. The summed E-state index contributed by atoms with van der Waals surface area (Å²) in [7, 11) is 0. The standard InChI is InChI=1S/C27H47NO4/c1-5-6-7-8-9-10-11-12-13-14-15-16-17-18-19-20-22-27(28,25(30)31)23-21-24(29)32-26(2,3)4/h6-7,9-10,12-13H,5,8,11,14-23,28H2,1-4H3,(H,30,31).